The number of allylic oxidation sites excluding steroid dienone is 4. The molecule has 0 aromatic heterocycles. The van der Waals surface area contributed by atoms with Crippen LogP contribution in [0.2, 0.25) is 0 Å². The third-order valence-electron chi connectivity index (χ3n) is 23.9. The first-order chi connectivity index (χ1) is 52.5. The van der Waals surface area contributed by atoms with Gasteiger partial charge in [-0.05, 0) is 152 Å². The van der Waals surface area contributed by atoms with Gasteiger partial charge in [0, 0.05) is 43.1 Å². The molecule has 0 spiro atoms. The Hall–Kier alpha value is -4.24. The molecule has 35 nitrogen and oxygen atoms in total. The van der Waals surface area contributed by atoms with Crippen LogP contribution >= 0.6 is 0 Å². The molecular formula is C75H114O35. The molecule has 6 saturated carbocycles. The maximum atomic E-state index is 13.1. The third-order valence-corrected chi connectivity index (χ3v) is 23.9. The molecular weight excluding hydrogens is 1460 g/mol. The molecule has 11 aliphatic rings. The van der Waals surface area contributed by atoms with Crippen LogP contribution in [0.4, 0.5) is 0 Å². The second-order valence-corrected chi connectivity index (χ2v) is 31.9. The Kier molecular flexibility index (Phi) is 31.6. The zero-order chi connectivity index (χ0) is 78.8. The van der Waals surface area contributed by atoms with Crippen molar-refractivity contribution in [2.45, 2.75) is 331 Å². The van der Waals surface area contributed by atoms with Crippen LogP contribution in [0.1, 0.15) is 135 Å². The lowest BCUT2D eigenvalue weighted by atomic mass is 9.72. The van der Waals surface area contributed by atoms with Gasteiger partial charge in [0.1, 0.15) is 130 Å². The first-order valence-corrected chi connectivity index (χ1v) is 39.1. The fourth-order valence-electron chi connectivity index (χ4n) is 17.0. The van der Waals surface area contributed by atoms with Crippen LogP contribution in [0.15, 0.2) is 48.6 Å². The minimum atomic E-state index is -2.10. The predicted octanol–water partition coefficient (Wildman–Crippen LogP) is -3.94. The monoisotopic (exact) mass is 1570 g/mol. The summed E-state index contributed by atoms with van der Waals surface area (Å²) >= 11 is 0. The third kappa shape index (κ3) is 22.7. The van der Waals surface area contributed by atoms with Gasteiger partial charge in [-0.1, -0.05) is 24.3 Å². The molecule has 5 saturated heterocycles. The summed E-state index contributed by atoms with van der Waals surface area (Å²) < 4.78 is 78.7. The zero-order valence-corrected chi connectivity index (χ0v) is 61.2. The topological polar surface area (TPSA) is 552 Å². The highest BCUT2D eigenvalue weighted by atomic mass is 16.7. The van der Waals surface area contributed by atoms with E-state index in [0.29, 0.717) is 103 Å². The highest BCUT2D eigenvalue weighted by Crippen LogP contribution is 2.47. The fraction of sp³-hybridized carbons (Fsp3) is 0.840. The van der Waals surface area contributed by atoms with Crippen LogP contribution < -0.4 is 0 Å². The van der Waals surface area contributed by atoms with Crippen LogP contribution in [0.25, 0.3) is 0 Å². The Morgan fingerprint density at radius 3 is 0.873 bits per heavy atom. The van der Waals surface area contributed by atoms with Crippen molar-refractivity contribution in [1.82, 2.24) is 0 Å². The normalized spacial score (nSPS) is 46.5. The summed E-state index contributed by atoms with van der Waals surface area (Å²) in [4.78, 5) is 52.2. The SMILES string of the molecule is O=C(C=CC1CCC(O)CC1)OCC1OC(OC2CC(O)C3CC(OC4OC(COC(=O)C=CC5CCC(O)CC5)C(O)C(O)C4O)C(C4CC(OC5OC(COC(=O)C=CC6CCC(O)CC6)C(O)C(O)C5O)C(O)C(OC5OC(COC(=O)C=CC6CCC(O)CC6)C(O)C(O)C5O)C4)OC3C2)C(O)C(O)C1O. The Morgan fingerprint density at radius 1 is 0.291 bits per heavy atom. The molecule has 0 radical (unpaired) electrons. The number of hydrogen-bond donors (Lipinski definition) is 18. The molecule has 6 aliphatic carbocycles. The van der Waals surface area contributed by atoms with Gasteiger partial charge in [-0.2, -0.15) is 0 Å². The summed E-state index contributed by atoms with van der Waals surface area (Å²) in [5, 5.41) is 201. The molecule has 11 rings (SSSR count). The lowest BCUT2D eigenvalue weighted by Crippen LogP contribution is -2.64. The molecule has 110 heavy (non-hydrogen) atoms. The number of fused-ring (bicyclic) bond motifs is 1. The van der Waals surface area contributed by atoms with Gasteiger partial charge in [-0.25, -0.2) is 19.2 Å². The van der Waals surface area contributed by atoms with Crippen molar-refractivity contribution >= 4 is 23.9 Å². The van der Waals surface area contributed by atoms with Gasteiger partial charge in [0.05, 0.1) is 67.1 Å². The van der Waals surface area contributed by atoms with Gasteiger partial charge in [0.25, 0.3) is 0 Å². The molecule has 624 valence electrons. The average Bonchev–Trinajstić information content (AvgIpc) is 0.758. The number of rotatable bonds is 25. The van der Waals surface area contributed by atoms with Gasteiger partial charge >= 0.3 is 23.9 Å². The van der Waals surface area contributed by atoms with Crippen LogP contribution in [-0.4, -0.2) is 338 Å². The number of aliphatic hydroxyl groups excluding tert-OH is 18. The summed E-state index contributed by atoms with van der Waals surface area (Å²) in [6, 6.07) is 0. The van der Waals surface area contributed by atoms with Gasteiger partial charge in [0.15, 0.2) is 25.2 Å². The smallest absolute Gasteiger partial charge is 0.330 e. The largest absolute Gasteiger partial charge is 0.460 e. The summed E-state index contributed by atoms with van der Waals surface area (Å²) in [5.41, 5.74) is 0. The number of carbonyl (C=O) groups is 4. The number of hydrogen-bond acceptors (Lipinski definition) is 35. The summed E-state index contributed by atoms with van der Waals surface area (Å²) in [7, 11) is 0. The van der Waals surface area contributed by atoms with E-state index in [0.717, 1.165) is 0 Å². The van der Waals surface area contributed by atoms with E-state index < -0.39 is 258 Å². The van der Waals surface area contributed by atoms with Crippen molar-refractivity contribution in [2.75, 3.05) is 26.4 Å². The van der Waals surface area contributed by atoms with Gasteiger partial charge in [-0.3, -0.25) is 0 Å². The lowest BCUT2D eigenvalue weighted by Gasteiger charge is -2.53. The van der Waals surface area contributed by atoms with Crippen molar-refractivity contribution < 1.29 is 173 Å². The van der Waals surface area contributed by atoms with Crippen LogP contribution in [-0.2, 0) is 80.8 Å². The minimum Gasteiger partial charge on any atom is -0.460 e. The molecule has 18 N–H and O–H groups in total. The van der Waals surface area contributed by atoms with E-state index in [2.05, 4.69) is 0 Å². The van der Waals surface area contributed by atoms with E-state index >= 15 is 0 Å². The first kappa shape index (κ1) is 86.6. The van der Waals surface area contributed by atoms with Crippen molar-refractivity contribution in [3.63, 3.8) is 0 Å². The number of esters is 4. The molecule has 0 bridgehead atoms. The van der Waals surface area contributed by atoms with Crippen molar-refractivity contribution in [3.05, 3.63) is 48.6 Å². The van der Waals surface area contributed by atoms with E-state index in [1.807, 2.05) is 0 Å². The Labute approximate surface area is 635 Å². The lowest BCUT2D eigenvalue weighted by molar-refractivity contribution is -0.351. The maximum Gasteiger partial charge on any atom is 0.330 e. The van der Waals surface area contributed by atoms with Crippen molar-refractivity contribution in [1.29, 1.82) is 0 Å². The maximum absolute atomic E-state index is 13.1. The number of carbonyl (C=O) groups excluding carboxylic acids is 4. The predicted molar refractivity (Wildman–Crippen MR) is 369 cm³/mol. The van der Waals surface area contributed by atoms with Crippen LogP contribution in [0.5, 0.6) is 0 Å². The van der Waals surface area contributed by atoms with E-state index in [4.69, 9.17) is 61.6 Å². The Morgan fingerprint density at radius 2 is 0.573 bits per heavy atom. The number of aliphatic hydroxyl groups is 18. The van der Waals surface area contributed by atoms with Crippen molar-refractivity contribution in [3.8, 4) is 0 Å². The first-order valence-electron chi connectivity index (χ1n) is 39.1. The number of ether oxygens (including phenoxy) is 13. The zero-order valence-electron chi connectivity index (χ0n) is 61.2. The van der Waals surface area contributed by atoms with E-state index in [1.165, 1.54) is 24.3 Å². The summed E-state index contributed by atoms with van der Waals surface area (Å²) in [5.74, 6) is -5.50. The Balaban J connectivity index is 0.859. The highest BCUT2D eigenvalue weighted by Gasteiger charge is 2.57. The minimum absolute atomic E-state index is 0.0133. The van der Waals surface area contributed by atoms with Crippen LogP contribution in [0, 0.1) is 35.5 Å². The van der Waals surface area contributed by atoms with E-state index in [-0.39, 0.29) is 55.8 Å². The second-order valence-electron chi connectivity index (χ2n) is 31.9. The highest BCUT2D eigenvalue weighted by molar-refractivity contribution is 5.83. The van der Waals surface area contributed by atoms with Gasteiger partial charge in [0.2, 0.25) is 0 Å². The summed E-state index contributed by atoms with van der Waals surface area (Å²) in [6.45, 7) is -2.70. The average molecular weight is 1580 g/mol. The molecule has 28 unspecified atom stereocenters. The van der Waals surface area contributed by atoms with E-state index in [9.17, 15) is 111 Å². The van der Waals surface area contributed by atoms with Crippen molar-refractivity contribution in [2.24, 2.45) is 35.5 Å². The Bertz CT molecular complexity index is 2930. The fourth-order valence-corrected chi connectivity index (χ4v) is 17.0. The molecule has 5 aliphatic heterocycles. The van der Waals surface area contributed by atoms with Gasteiger partial charge < -0.3 is 153 Å². The standard InChI is InChI=1S/C75H114O35/c76-39-13-1-34(2-14-39)9-21-54(81)98-30-50-59(86)63(90)67(94)72(107-50)102-43-27-45(80)44-29-49(106-75-70(97)66(93)62(89)53(110-75)33-101-57(84)24-12-37-7-19-42(79)20-8-37)71(103-46(44)28-43)38-25-47(104-73-68(95)64(91)60(87)51(108-73)31-99-55(82)22-10-35-3-15-40(77)16-4-35)58(85)48(26-38)105-74-69(96)65(92)61(88)52(109-74)32-100-56(83)23-11-36-5-17-41(78)18-6-36/h9-12,21-24,34-53,58-80,85-97H,1-8,13-20,25-33H2. The molecule has 0 amide bonds. The molecule has 28 atom stereocenters. The summed E-state index contributed by atoms with van der Waals surface area (Å²) in [6.07, 6.45) is -31.6. The quantitative estimate of drug-likeness (QED) is 0.0236. The van der Waals surface area contributed by atoms with Crippen LogP contribution in [0.3, 0.4) is 0 Å². The second kappa shape index (κ2) is 40.1. The molecule has 35 heteroatoms. The molecule has 11 fully saturated rings. The molecule has 0 aromatic rings. The molecule has 5 heterocycles. The van der Waals surface area contributed by atoms with E-state index in [1.54, 1.807) is 24.3 Å². The van der Waals surface area contributed by atoms with Gasteiger partial charge in [-0.15, -0.1) is 0 Å². The molecule has 0 aromatic carbocycles.